The average molecular weight is 283 g/mol. The smallest absolute Gasteiger partial charge is 0.255 e. The Hall–Kier alpha value is -2.65. The standard InChI is InChI=1S/C15H17N5O/c1-19(2)7-8-20-11-14(10-17-20)18-15(21)13-5-3-12(9-16)4-6-13/h3-6,10-11H,7-8H2,1-2H3,(H,18,21). The molecule has 1 aromatic carbocycles. The van der Waals surface area contributed by atoms with Gasteiger partial charge in [0.2, 0.25) is 0 Å². The molecule has 1 amide bonds. The molecule has 0 radical (unpaired) electrons. The molecule has 0 aliphatic heterocycles. The van der Waals surface area contributed by atoms with Crippen LogP contribution in [0.5, 0.6) is 0 Å². The first-order valence-corrected chi connectivity index (χ1v) is 6.57. The molecule has 0 bridgehead atoms. The molecule has 6 nitrogen and oxygen atoms in total. The molecule has 1 heterocycles. The molecule has 0 aliphatic carbocycles. The van der Waals surface area contributed by atoms with Crippen LogP contribution in [0.1, 0.15) is 15.9 Å². The van der Waals surface area contributed by atoms with Gasteiger partial charge in [-0.2, -0.15) is 10.4 Å². The molecule has 0 fully saturated rings. The molecule has 0 saturated heterocycles. The van der Waals surface area contributed by atoms with Gasteiger partial charge in [0.25, 0.3) is 5.91 Å². The fraction of sp³-hybridized carbons (Fsp3) is 0.267. The predicted molar refractivity (Wildman–Crippen MR) is 79.9 cm³/mol. The van der Waals surface area contributed by atoms with Crippen molar-refractivity contribution in [1.29, 1.82) is 5.26 Å². The number of hydrogen-bond donors (Lipinski definition) is 1. The van der Waals surface area contributed by atoms with Gasteiger partial charge in [-0.3, -0.25) is 9.48 Å². The van der Waals surface area contributed by atoms with Crippen LogP contribution < -0.4 is 5.32 Å². The highest BCUT2D eigenvalue weighted by Gasteiger charge is 2.07. The van der Waals surface area contributed by atoms with Gasteiger partial charge < -0.3 is 10.2 Å². The van der Waals surface area contributed by atoms with Gasteiger partial charge in [0.15, 0.2) is 0 Å². The number of nitrogens with one attached hydrogen (secondary N) is 1. The first-order chi connectivity index (χ1) is 10.1. The molecular weight excluding hydrogens is 266 g/mol. The maximum Gasteiger partial charge on any atom is 0.255 e. The Kier molecular flexibility index (Phi) is 4.69. The highest BCUT2D eigenvalue weighted by molar-refractivity contribution is 6.04. The number of carbonyl (C=O) groups excluding carboxylic acids is 1. The largest absolute Gasteiger partial charge is 0.319 e. The topological polar surface area (TPSA) is 73.9 Å². The summed E-state index contributed by atoms with van der Waals surface area (Å²) >= 11 is 0. The van der Waals surface area contributed by atoms with E-state index in [1.54, 1.807) is 41.3 Å². The summed E-state index contributed by atoms with van der Waals surface area (Å²) in [4.78, 5) is 14.1. The van der Waals surface area contributed by atoms with Crippen LogP contribution >= 0.6 is 0 Å². The third kappa shape index (κ3) is 4.16. The summed E-state index contributed by atoms with van der Waals surface area (Å²) in [7, 11) is 3.99. The van der Waals surface area contributed by atoms with Gasteiger partial charge in [-0.05, 0) is 38.4 Å². The highest BCUT2D eigenvalue weighted by Crippen LogP contribution is 2.09. The molecule has 6 heteroatoms. The lowest BCUT2D eigenvalue weighted by Gasteiger charge is -2.08. The number of aromatic nitrogens is 2. The van der Waals surface area contributed by atoms with Crippen molar-refractivity contribution in [2.75, 3.05) is 26.0 Å². The highest BCUT2D eigenvalue weighted by atomic mass is 16.1. The minimum Gasteiger partial charge on any atom is -0.319 e. The molecule has 0 atom stereocenters. The molecule has 0 saturated carbocycles. The van der Waals surface area contributed by atoms with Crippen molar-refractivity contribution in [3.05, 3.63) is 47.8 Å². The molecule has 1 aromatic heterocycles. The Morgan fingerprint density at radius 1 is 1.38 bits per heavy atom. The van der Waals surface area contributed by atoms with Gasteiger partial charge in [0.1, 0.15) is 0 Å². The van der Waals surface area contributed by atoms with Crippen molar-refractivity contribution in [3.8, 4) is 6.07 Å². The van der Waals surface area contributed by atoms with Crippen LogP contribution in [0.25, 0.3) is 0 Å². The Morgan fingerprint density at radius 2 is 2.10 bits per heavy atom. The maximum atomic E-state index is 12.0. The van der Waals surface area contributed by atoms with Crippen LogP contribution in [-0.4, -0.2) is 41.2 Å². The van der Waals surface area contributed by atoms with Crippen LogP contribution in [0.4, 0.5) is 5.69 Å². The summed E-state index contributed by atoms with van der Waals surface area (Å²) in [6.07, 6.45) is 3.42. The monoisotopic (exact) mass is 283 g/mol. The number of hydrogen-bond acceptors (Lipinski definition) is 4. The average Bonchev–Trinajstić information content (AvgIpc) is 2.92. The van der Waals surface area contributed by atoms with E-state index >= 15 is 0 Å². The second-order valence-corrected chi connectivity index (χ2v) is 4.94. The number of carbonyl (C=O) groups is 1. The molecule has 1 N–H and O–H groups in total. The van der Waals surface area contributed by atoms with E-state index in [0.29, 0.717) is 16.8 Å². The quantitative estimate of drug-likeness (QED) is 0.904. The number of likely N-dealkylation sites (N-methyl/N-ethyl adjacent to an activating group) is 1. The van der Waals surface area contributed by atoms with E-state index in [-0.39, 0.29) is 5.91 Å². The van der Waals surface area contributed by atoms with E-state index in [1.165, 1.54) is 0 Å². The van der Waals surface area contributed by atoms with Crippen molar-refractivity contribution in [2.24, 2.45) is 0 Å². The van der Waals surface area contributed by atoms with Gasteiger partial charge in [0.05, 0.1) is 30.1 Å². The summed E-state index contributed by atoms with van der Waals surface area (Å²) in [5, 5.41) is 15.7. The van der Waals surface area contributed by atoms with Crippen molar-refractivity contribution >= 4 is 11.6 Å². The summed E-state index contributed by atoms with van der Waals surface area (Å²) < 4.78 is 1.79. The second kappa shape index (κ2) is 6.68. The molecule has 21 heavy (non-hydrogen) atoms. The summed E-state index contributed by atoms with van der Waals surface area (Å²) in [6.45, 7) is 1.64. The lowest BCUT2D eigenvalue weighted by Crippen LogP contribution is -2.18. The van der Waals surface area contributed by atoms with Crippen LogP contribution in [0.2, 0.25) is 0 Å². The molecule has 108 valence electrons. The lowest BCUT2D eigenvalue weighted by molar-refractivity contribution is 0.102. The molecule has 0 aliphatic rings. The molecule has 2 aromatic rings. The number of amides is 1. The lowest BCUT2D eigenvalue weighted by atomic mass is 10.1. The number of nitrogens with zero attached hydrogens (tertiary/aromatic N) is 4. The Bertz CT molecular complexity index is 651. The Balaban J connectivity index is 1.97. The van der Waals surface area contributed by atoms with Crippen LogP contribution in [0.3, 0.4) is 0 Å². The van der Waals surface area contributed by atoms with Crippen molar-refractivity contribution in [3.63, 3.8) is 0 Å². The number of nitriles is 1. The number of anilines is 1. The summed E-state index contributed by atoms with van der Waals surface area (Å²) in [5.74, 6) is -0.216. The van der Waals surface area contributed by atoms with Crippen molar-refractivity contribution < 1.29 is 4.79 Å². The molecular formula is C15H17N5O. The third-order valence-electron chi connectivity index (χ3n) is 2.94. The van der Waals surface area contributed by atoms with Gasteiger partial charge >= 0.3 is 0 Å². The van der Waals surface area contributed by atoms with E-state index < -0.39 is 0 Å². The maximum absolute atomic E-state index is 12.0. The normalized spacial score (nSPS) is 10.4. The van der Waals surface area contributed by atoms with Gasteiger partial charge in [-0.1, -0.05) is 0 Å². The number of rotatable bonds is 5. The first-order valence-electron chi connectivity index (χ1n) is 6.57. The van der Waals surface area contributed by atoms with Crippen molar-refractivity contribution in [1.82, 2.24) is 14.7 Å². The fourth-order valence-corrected chi connectivity index (χ4v) is 1.75. The first kappa shape index (κ1) is 14.8. The zero-order valence-electron chi connectivity index (χ0n) is 12.1. The van der Waals surface area contributed by atoms with E-state index in [2.05, 4.69) is 15.3 Å². The predicted octanol–water partition coefficient (Wildman–Crippen LogP) is 1.57. The van der Waals surface area contributed by atoms with E-state index in [9.17, 15) is 4.79 Å². The SMILES string of the molecule is CN(C)CCn1cc(NC(=O)c2ccc(C#N)cc2)cn1. The third-order valence-corrected chi connectivity index (χ3v) is 2.94. The zero-order valence-corrected chi connectivity index (χ0v) is 12.1. The molecule has 0 unspecified atom stereocenters. The van der Waals surface area contributed by atoms with Gasteiger partial charge in [-0.25, -0.2) is 0 Å². The van der Waals surface area contributed by atoms with Crippen LogP contribution in [0, 0.1) is 11.3 Å². The molecule has 0 spiro atoms. The van der Waals surface area contributed by atoms with Crippen molar-refractivity contribution in [2.45, 2.75) is 6.54 Å². The molecule has 2 rings (SSSR count). The Labute approximate surface area is 123 Å². The zero-order chi connectivity index (χ0) is 15.2. The summed E-state index contributed by atoms with van der Waals surface area (Å²) in [6, 6.07) is 8.52. The summed E-state index contributed by atoms with van der Waals surface area (Å²) in [5.41, 5.74) is 1.70. The van der Waals surface area contributed by atoms with Crippen LogP contribution in [-0.2, 0) is 6.54 Å². The fourth-order valence-electron chi connectivity index (χ4n) is 1.75. The number of benzene rings is 1. The minimum absolute atomic E-state index is 0.216. The minimum atomic E-state index is -0.216. The van der Waals surface area contributed by atoms with Gasteiger partial charge in [0, 0.05) is 18.3 Å². The Morgan fingerprint density at radius 3 is 2.71 bits per heavy atom. The van der Waals surface area contributed by atoms with Gasteiger partial charge in [-0.15, -0.1) is 0 Å². The van der Waals surface area contributed by atoms with E-state index in [0.717, 1.165) is 13.1 Å². The van der Waals surface area contributed by atoms with E-state index in [4.69, 9.17) is 5.26 Å². The van der Waals surface area contributed by atoms with E-state index in [1.807, 2.05) is 20.2 Å². The second-order valence-electron chi connectivity index (χ2n) is 4.94. The van der Waals surface area contributed by atoms with Crippen LogP contribution in [0.15, 0.2) is 36.7 Å².